The standard InChI is InChI=1S/C16H22N2O4S/c1-10-5-14-15(22-9-21-14)6-16(10)23(19,20)18-7-11-3-2-4-13(17)12(11)8-18/h5-6,11-13H,2-4,7-9,17H2,1H3. The molecule has 1 saturated heterocycles. The summed E-state index contributed by atoms with van der Waals surface area (Å²) in [5.74, 6) is 1.79. The van der Waals surface area contributed by atoms with Crippen molar-refractivity contribution in [3.8, 4) is 11.5 Å². The molecule has 7 heteroatoms. The Bertz CT molecular complexity index is 734. The van der Waals surface area contributed by atoms with E-state index in [4.69, 9.17) is 15.2 Å². The highest BCUT2D eigenvalue weighted by atomic mass is 32.2. The fourth-order valence-electron chi connectivity index (χ4n) is 4.11. The molecule has 1 aromatic carbocycles. The van der Waals surface area contributed by atoms with Crippen LogP contribution in [-0.2, 0) is 10.0 Å². The van der Waals surface area contributed by atoms with Gasteiger partial charge in [-0.2, -0.15) is 4.31 Å². The van der Waals surface area contributed by atoms with Crippen molar-refractivity contribution >= 4 is 10.0 Å². The molecule has 2 heterocycles. The zero-order chi connectivity index (χ0) is 16.2. The van der Waals surface area contributed by atoms with Gasteiger partial charge in [-0.15, -0.1) is 0 Å². The van der Waals surface area contributed by atoms with Crippen LogP contribution in [-0.4, -0.2) is 38.6 Å². The molecule has 1 aromatic rings. The SMILES string of the molecule is Cc1cc2c(cc1S(=O)(=O)N1CC3CCCC(N)C3C1)OCO2. The van der Waals surface area contributed by atoms with Crippen LogP contribution in [0.3, 0.4) is 0 Å². The van der Waals surface area contributed by atoms with Crippen LogP contribution in [0.5, 0.6) is 11.5 Å². The lowest BCUT2D eigenvalue weighted by molar-refractivity contribution is 0.174. The van der Waals surface area contributed by atoms with Gasteiger partial charge in [0.25, 0.3) is 0 Å². The summed E-state index contributed by atoms with van der Waals surface area (Å²) in [5.41, 5.74) is 6.90. The van der Waals surface area contributed by atoms with Gasteiger partial charge in [0.05, 0.1) is 4.90 Å². The number of ether oxygens (including phenoxy) is 2. The number of benzene rings is 1. The summed E-state index contributed by atoms with van der Waals surface area (Å²) < 4.78 is 38.5. The second kappa shape index (κ2) is 5.36. The molecular weight excluding hydrogens is 316 g/mol. The molecule has 0 spiro atoms. The van der Waals surface area contributed by atoms with Crippen LogP contribution in [0.4, 0.5) is 0 Å². The number of hydrogen-bond acceptors (Lipinski definition) is 5. The highest BCUT2D eigenvalue weighted by Gasteiger charge is 2.43. The van der Waals surface area contributed by atoms with Gasteiger partial charge >= 0.3 is 0 Å². The molecule has 1 aliphatic carbocycles. The van der Waals surface area contributed by atoms with E-state index in [1.165, 1.54) is 0 Å². The third kappa shape index (κ3) is 2.42. The first kappa shape index (κ1) is 15.2. The predicted octanol–water partition coefficient (Wildman–Crippen LogP) is 1.47. The second-order valence-corrected chi connectivity index (χ2v) is 8.72. The summed E-state index contributed by atoms with van der Waals surface area (Å²) in [6.07, 6.45) is 3.17. The van der Waals surface area contributed by atoms with Crippen molar-refractivity contribution < 1.29 is 17.9 Å². The molecule has 0 bridgehead atoms. The molecular formula is C16H22N2O4S. The van der Waals surface area contributed by atoms with Gasteiger partial charge in [-0.05, 0) is 43.2 Å². The monoisotopic (exact) mass is 338 g/mol. The van der Waals surface area contributed by atoms with Gasteiger partial charge in [0, 0.05) is 25.2 Å². The Labute approximate surface area is 136 Å². The van der Waals surface area contributed by atoms with Gasteiger partial charge in [-0.1, -0.05) is 6.42 Å². The lowest BCUT2D eigenvalue weighted by Gasteiger charge is -2.29. The van der Waals surface area contributed by atoms with E-state index >= 15 is 0 Å². The molecule has 3 aliphatic rings. The molecule has 2 aliphatic heterocycles. The van der Waals surface area contributed by atoms with Crippen LogP contribution in [0.2, 0.25) is 0 Å². The van der Waals surface area contributed by atoms with Gasteiger partial charge < -0.3 is 15.2 Å². The fourth-order valence-corrected chi connectivity index (χ4v) is 5.87. The van der Waals surface area contributed by atoms with Gasteiger partial charge in [0.15, 0.2) is 11.5 Å². The highest BCUT2D eigenvalue weighted by Crippen LogP contribution is 2.41. The fraction of sp³-hybridized carbons (Fsp3) is 0.625. The number of fused-ring (bicyclic) bond motifs is 2. The van der Waals surface area contributed by atoms with E-state index in [1.807, 2.05) is 0 Å². The molecule has 0 amide bonds. The van der Waals surface area contributed by atoms with Gasteiger partial charge in [-0.25, -0.2) is 8.42 Å². The lowest BCUT2D eigenvalue weighted by atomic mass is 9.78. The molecule has 23 heavy (non-hydrogen) atoms. The third-order valence-electron chi connectivity index (χ3n) is 5.41. The molecule has 3 unspecified atom stereocenters. The summed E-state index contributed by atoms with van der Waals surface area (Å²) >= 11 is 0. The number of nitrogens with two attached hydrogens (primary N) is 1. The summed E-state index contributed by atoms with van der Waals surface area (Å²) in [6.45, 7) is 3.04. The van der Waals surface area contributed by atoms with Crippen molar-refractivity contribution in [2.75, 3.05) is 19.9 Å². The summed E-state index contributed by atoms with van der Waals surface area (Å²) in [4.78, 5) is 0.314. The van der Waals surface area contributed by atoms with Crippen molar-refractivity contribution in [2.45, 2.75) is 37.1 Å². The maximum absolute atomic E-state index is 13.1. The van der Waals surface area contributed by atoms with Crippen molar-refractivity contribution in [3.63, 3.8) is 0 Å². The number of rotatable bonds is 2. The van der Waals surface area contributed by atoms with E-state index in [1.54, 1.807) is 23.4 Å². The first-order valence-electron chi connectivity index (χ1n) is 8.13. The largest absolute Gasteiger partial charge is 0.454 e. The number of aryl methyl sites for hydroxylation is 1. The first-order valence-corrected chi connectivity index (χ1v) is 9.57. The number of hydrogen-bond donors (Lipinski definition) is 1. The number of nitrogens with zero attached hydrogens (tertiary/aromatic N) is 1. The van der Waals surface area contributed by atoms with E-state index in [0.29, 0.717) is 41.0 Å². The minimum atomic E-state index is -3.53. The normalized spacial score (nSPS) is 30.4. The van der Waals surface area contributed by atoms with E-state index < -0.39 is 10.0 Å². The Morgan fingerprint density at radius 2 is 1.91 bits per heavy atom. The molecule has 3 atom stereocenters. The van der Waals surface area contributed by atoms with Gasteiger partial charge in [0.2, 0.25) is 16.8 Å². The highest BCUT2D eigenvalue weighted by molar-refractivity contribution is 7.89. The Morgan fingerprint density at radius 1 is 1.17 bits per heavy atom. The third-order valence-corrected chi connectivity index (χ3v) is 7.38. The average molecular weight is 338 g/mol. The molecule has 0 radical (unpaired) electrons. The molecule has 126 valence electrons. The topological polar surface area (TPSA) is 81.9 Å². The molecule has 2 fully saturated rings. The summed E-state index contributed by atoms with van der Waals surface area (Å²) in [5, 5.41) is 0. The van der Waals surface area contributed by atoms with E-state index in [0.717, 1.165) is 19.3 Å². The first-order chi connectivity index (χ1) is 11.0. The van der Waals surface area contributed by atoms with Crippen LogP contribution >= 0.6 is 0 Å². The van der Waals surface area contributed by atoms with Crippen LogP contribution in [0, 0.1) is 18.8 Å². The van der Waals surface area contributed by atoms with Gasteiger partial charge in [-0.3, -0.25) is 0 Å². The maximum Gasteiger partial charge on any atom is 0.243 e. The van der Waals surface area contributed by atoms with E-state index in [-0.39, 0.29) is 18.8 Å². The molecule has 4 rings (SSSR count). The second-order valence-electron chi connectivity index (χ2n) is 6.81. The van der Waals surface area contributed by atoms with Crippen LogP contribution in [0.15, 0.2) is 17.0 Å². The van der Waals surface area contributed by atoms with Crippen molar-refractivity contribution in [3.05, 3.63) is 17.7 Å². The zero-order valence-corrected chi connectivity index (χ0v) is 14.0. The number of sulfonamides is 1. The molecule has 6 nitrogen and oxygen atoms in total. The Hall–Kier alpha value is -1.31. The molecule has 1 saturated carbocycles. The molecule has 2 N–H and O–H groups in total. The molecule has 0 aromatic heterocycles. The van der Waals surface area contributed by atoms with E-state index in [2.05, 4.69) is 0 Å². The van der Waals surface area contributed by atoms with Gasteiger partial charge in [0.1, 0.15) is 0 Å². The minimum absolute atomic E-state index is 0.117. The van der Waals surface area contributed by atoms with E-state index in [9.17, 15) is 8.42 Å². The van der Waals surface area contributed by atoms with Crippen molar-refractivity contribution in [2.24, 2.45) is 17.6 Å². The van der Waals surface area contributed by atoms with Crippen LogP contribution < -0.4 is 15.2 Å². The zero-order valence-electron chi connectivity index (χ0n) is 13.2. The maximum atomic E-state index is 13.1. The predicted molar refractivity (Wildman–Crippen MR) is 84.9 cm³/mol. The smallest absolute Gasteiger partial charge is 0.243 e. The summed E-state index contributed by atoms with van der Waals surface area (Å²) in [7, 11) is -3.53. The van der Waals surface area contributed by atoms with Crippen molar-refractivity contribution in [1.82, 2.24) is 4.31 Å². The quantitative estimate of drug-likeness (QED) is 0.883. The van der Waals surface area contributed by atoms with Crippen molar-refractivity contribution in [1.29, 1.82) is 0 Å². The summed E-state index contributed by atoms with van der Waals surface area (Å²) in [6, 6.07) is 3.45. The Kier molecular flexibility index (Phi) is 3.55. The van der Waals surface area contributed by atoms with Crippen LogP contribution in [0.1, 0.15) is 24.8 Å². The minimum Gasteiger partial charge on any atom is -0.454 e. The Balaban J connectivity index is 1.66. The van der Waals surface area contributed by atoms with Crippen LogP contribution in [0.25, 0.3) is 0 Å². The lowest BCUT2D eigenvalue weighted by Crippen LogP contribution is -2.38. The average Bonchev–Trinajstić information content (AvgIpc) is 3.12. The Morgan fingerprint density at radius 3 is 2.65 bits per heavy atom.